The molecule has 0 unspecified atom stereocenters. The van der Waals surface area contributed by atoms with E-state index >= 15 is 0 Å². The van der Waals surface area contributed by atoms with Gasteiger partial charge in [-0.1, -0.05) is 24.6 Å². The van der Waals surface area contributed by atoms with Crippen LogP contribution >= 0.6 is 11.6 Å². The zero-order valence-corrected chi connectivity index (χ0v) is 9.01. The lowest BCUT2D eigenvalue weighted by atomic mass is 10.2. The molecule has 0 amide bonds. The predicted octanol–water partition coefficient (Wildman–Crippen LogP) is 3.00. The predicted molar refractivity (Wildman–Crippen MR) is 62.5 cm³/mol. The summed E-state index contributed by atoms with van der Waals surface area (Å²) in [4.78, 5) is 0. The Bertz CT molecular complexity index is 315. The van der Waals surface area contributed by atoms with Crippen LogP contribution in [0, 0.1) is 0 Å². The fraction of sp³-hybridized carbons (Fsp3) is 0.273. The highest BCUT2D eigenvalue weighted by molar-refractivity contribution is 6.30. The van der Waals surface area contributed by atoms with E-state index < -0.39 is 0 Å². The smallest absolute Gasteiger partial charge is 0.0426 e. The maximum Gasteiger partial charge on any atom is 0.0426 e. The van der Waals surface area contributed by atoms with Crippen LogP contribution in [0.5, 0.6) is 0 Å². The van der Waals surface area contributed by atoms with Crippen LogP contribution < -0.4 is 11.1 Å². The van der Waals surface area contributed by atoms with E-state index in [1.54, 1.807) is 0 Å². The molecule has 3 heteroatoms. The van der Waals surface area contributed by atoms with Gasteiger partial charge < -0.3 is 11.1 Å². The summed E-state index contributed by atoms with van der Waals surface area (Å²) in [6.45, 7) is 2.67. The minimum absolute atomic E-state index is 0.587. The van der Waals surface area contributed by atoms with E-state index in [-0.39, 0.29) is 0 Å². The third-order valence-corrected chi connectivity index (χ3v) is 2.22. The highest BCUT2D eigenvalue weighted by atomic mass is 35.5. The van der Waals surface area contributed by atoms with Gasteiger partial charge in [-0.25, -0.2) is 0 Å². The normalized spacial score (nSPS) is 11.5. The molecule has 0 radical (unpaired) electrons. The first-order valence-corrected chi connectivity index (χ1v) is 5.04. The molecule has 76 valence electrons. The molecule has 0 saturated heterocycles. The maximum atomic E-state index is 5.84. The Labute approximate surface area is 89.8 Å². The molecule has 0 fully saturated rings. The molecule has 0 aliphatic heterocycles. The number of halogens is 1. The van der Waals surface area contributed by atoms with Crippen LogP contribution in [0.1, 0.15) is 13.3 Å². The second-order valence-corrected chi connectivity index (χ2v) is 3.45. The molecule has 0 atom stereocenters. The molecule has 0 aliphatic carbocycles. The van der Waals surface area contributed by atoms with Gasteiger partial charge in [0.15, 0.2) is 0 Å². The molecule has 1 aromatic rings. The number of anilines is 1. The minimum Gasteiger partial charge on any atom is -0.362 e. The highest BCUT2D eigenvalue weighted by Crippen LogP contribution is 2.15. The number of nitrogens with two attached hydrogens (primary N) is 1. The number of nitrogens with one attached hydrogen (secondary N) is 1. The summed E-state index contributed by atoms with van der Waals surface area (Å²) >= 11 is 5.84. The quantitative estimate of drug-likeness (QED) is 0.802. The van der Waals surface area contributed by atoms with Gasteiger partial charge in [0.2, 0.25) is 0 Å². The van der Waals surface area contributed by atoms with Crippen molar-refractivity contribution >= 4 is 17.3 Å². The molecule has 1 aromatic carbocycles. The molecule has 0 bridgehead atoms. The molecular weight excluding hydrogens is 196 g/mol. The first kappa shape index (κ1) is 11.1. The Morgan fingerprint density at radius 3 is 2.93 bits per heavy atom. The van der Waals surface area contributed by atoms with Crippen LogP contribution in [0.25, 0.3) is 0 Å². The van der Waals surface area contributed by atoms with E-state index in [4.69, 9.17) is 17.3 Å². The summed E-state index contributed by atoms with van der Waals surface area (Å²) in [5.74, 6) is 0. The number of hydrogen-bond donors (Lipinski definition) is 2. The fourth-order valence-corrected chi connectivity index (χ4v) is 1.26. The van der Waals surface area contributed by atoms with Gasteiger partial charge in [0, 0.05) is 23.5 Å². The summed E-state index contributed by atoms with van der Waals surface area (Å²) in [6.07, 6.45) is 2.90. The molecule has 0 heterocycles. The average molecular weight is 211 g/mol. The lowest BCUT2D eigenvalue weighted by Crippen LogP contribution is -2.04. The van der Waals surface area contributed by atoms with Crippen LogP contribution in [-0.2, 0) is 0 Å². The zero-order valence-electron chi connectivity index (χ0n) is 8.26. The number of hydrogen-bond acceptors (Lipinski definition) is 2. The molecule has 0 saturated carbocycles. The van der Waals surface area contributed by atoms with Crippen molar-refractivity contribution < 1.29 is 0 Å². The van der Waals surface area contributed by atoms with Gasteiger partial charge in [0.25, 0.3) is 0 Å². The summed E-state index contributed by atoms with van der Waals surface area (Å²) in [5.41, 5.74) is 7.71. The average Bonchev–Trinajstić information content (AvgIpc) is 2.19. The van der Waals surface area contributed by atoms with E-state index in [9.17, 15) is 0 Å². The van der Waals surface area contributed by atoms with Gasteiger partial charge in [0.05, 0.1) is 0 Å². The third kappa shape index (κ3) is 3.40. The van der Waals surface area contributed by atoms with Crippen molar-refractivity contribution in [3.8, 4) is 0 Å². The molecule has 0 aromatic heterocycles. The van der Waals surface area contributed by atoms with Crippen molar-refractivity contribution in [1.82, 2.24) is 0 Å². The van der Waals surface area contributed by atoms with Crippen molar-refractivity contribution in [3.63, 3.8) is 0 Å². The lowest BCUT2D eigenvalue weighted by molar-refractivity contribution is 1.00. The monoisotopic (exact) mass is 210 g/mol. The van der Waals surface area contributed by atoms with Gasteiger partial charge >= 0.3 is 0 Å². The van der Waals surface area contributed by atoms with Gasteiger partial charge in [-0.15, -0.1) is 0 Å². The van der Waals surface area contributed by atoms with Crippen molar-refractivity contribution in [2.45, 2.75) is 13.3 Å². The molecule has 3 N–H and O–H groups in total. The zero-order chi connectivity index (χ0) is 10.4. The Kier molecular flexibility index (Phi) is 4.50. The van der Waals surface area contributed by atoms with Gasteiger partial charge in [-0.05, 0) is 30.2 Å². The Hall–Kier alpha value is -0.990. The lowest BCUT2D eigenvalue weighted by Gasteiger charge is -2.04. The standard InChI is InChI=1S/C11H15ClN2/c1-2-9(7-13)8-14-11-5-3-4-10(12)6-11/h3-6,8,14H,2,7,13H2,1H3/b9-8-. The summed E-state index contributed by atoms with van der Waals surface area (Å²) in [5, 5.41) is 3.89. The Morgan fingerprint density at radius 1 is 1.57 bits per heavy atom. The molecule has 2 nitrogen and oxygen atoms in total. The largest absolute Gasteiger partial charge is 0.362 e. The topological polar surface area (TPSA) is 38.0 Å². The van der Waals surface area contributed by atoms with E-state index in [0.717, 1.165) is 17.1 Å². The molecule has 1 rings (SSSR count). The fourth-order valence-electron chi connectivity index (χ4n) is 1.07. The second-order valence-electron chi connectivity index (χ2n) is 3.01. The second kappa shape index (κ2) is 5.68. The van der Waals surface area contributed by atoms with E-state index in [1.807, 2.05) is 30.5 Å². The van der Waals surface area contributed by atoms with E-state index in [2.05, 4.69) is 12.2 Å². The molecular formula is C11H15ClN2. The molecule has 0 aliphatic rings. The first-order valence-electron chi connectivity index (χ1n) is 4.66. The number of rotatable bonds is 4. The van der Waals surface area contributed by atoms with Crippen LogP contribution in [0.3, 0.4) is 0 Å². The Balaban J connectivity index is 2.65. The van der Waals surface area contributed by atoms with Crippen molar-refractivity contribution in [3.05, 3.63) is 41.1 Å². The van der Waals surface area contributed by atoms with Gasteiger partial charge in [-0.2, -0.15) is 0 Å². The van der Waals surface area contributed by atoms with Crippen molar-refractivity contribution in [1.29, 1.82) is 0 Å². The first-order chi connectivity index (χ1) is 6.76. The van der Waals surface area contributed by atoms with Crippen LogP contribution in [0.15, 0.2) is 36.0 Å². The molecule has 0 spiro atoms. The SMILES string of the molecule is CC/C(=C/Nc1cccc(Cl)c1)CN. The van der Waals surface area contributed by atoms with E-state index in [0.29, 0.717) is 6.54 Å². The molecule has 14 heavy (non-hydrogen) atoms. The van der Waals surface area contributed by atoms with Crippen LogP contribution in [-0.4, -0.2) is 6.54 Å². The van der Waals surface area contributed by atoms with Crippen LogP contribution in [0.2, 0.25) is 5.02 Å². The summed E-state index contributed by atoms with van der Waals surface area (Å²) < 4.78 is 0. The van der Waals surface area contributed by atoms with Crippen molar-refractivity contribution in [2.75, 3.05) is 11.9 Å². The summed E-state index contributed by atoms with van der Waals surface area (Å²) in [6, 6.07) is 7.60. The minimum atomic E-state index is 0.587. The summed E-state index contributed by atoms with van der Waals surface area (Å²) in [7, 11) is 0. The van der Waals surface area contributed by atoms with Crippen molar-refractivity contribution in [2.24, 2.45) is 5.73 Å². The van der Waals surface area contributed by atoms with Crippen LogP contribution in [0.4, 0.5) is 5.69 Å². The highest BCUT2D eigenvalue weighted by Gasteiger charge is 1.92. The Morgan fingerprint density at radius 2 is 2.36 bits per heavy atom. The van der Waals surface area contributed by atoms with Gasteiger partial charge in [-0.3, -0.25) is 0 Å². The third-order valence-electron chi connectivity index (χ3n) is 1.98. The van der Waals surface area contributed by atoms with E-state index in [1.165, 1.54) is 5.57 Å². The van der Waals surface area contributed by atoms with Gasteiger partial charge in [0.1, 0.15) is 0 Å². The number of benzene rings is 1. The maximum absolute atomic E-state index is 5.84.